The van der Waals surface area contributed by atoms with Gasteiger partial charge in [-0.2, -0.15) is 5.10 Å². The van der Waals surface area contributed by atoms with E-state index in [2.05, 4.69) is 31.9 Å². The third-order valence-electron chi connectivity index (χ3n) is 5.98. The highest BCUT2D eigenvalue weighted by atomic mass is 35.5. The van der Waals surface area contributed by atoms with Crippen molar-refractivity contribution in [3.63, 3.8) is 0 Å². The average molecular weight is 510 g/mol. The molecule has 1 aromatic heterocycles. The van der Waals surface area contributed by atoms with Gasteiger partial charge < -0.3 is 5.11 Å². The molecule has 1 saturated carbocycles. The zero-order valence-corrected chi connectivity index (χ0v) is 20.9. The number of nitrogens with zero attached hydrogens (tertiary/aromatic N) is 3. The summed E-state index contributed by atoms with van der Waals surface area (Å²) < 4.78 is 2.22. The third-order valence-corrected chi connectivity index (χ3v) is 7.18. The molecule has 0 saturated heterocycles. The second-order valence-corrected chi connectivity index (χ2v) is 9.81. The van der Waals surface area contributed by atoms with E-state index in [1.807, 2.05) is 24.3 Å². The summed E-state index contributed by atoms with van der Waals surface area (Å²) in [6.45, 7) is 3.67. The second-order valence-electron chi connectivity index (χ2n) is 8.43. The summed E-state index contributed by atoms with van der Waals surface area (Å²) in [5.74, 6) is 0.680. The van der Waals surface area contributed by atoms with Crippen LogP contribution < -0.4 is 15.1 Å². The van der Waals surface area contributed by atoms with Crippen molar-refractivity contribution in [3.8, 4) is 17.1 Å². The number of hydrogen-bond acceptors (Lipinski definition) is 5. The van der Waals surface area contributed by atoms with Crippen molar-refractivity contribution >= 4 is 35.5 Å². The van der Waals surface area contributed by atoms with Crippen LogP contribution in [0.2, 0.25) is 5.02 Å². The first-order chi connectivity index (χ1) is 17.1. The predicted octanol–water partition coefficient (Wildman–Crippen LogP) is 4.57. The highest BCUT2D eigenvalue weighted by Gasteiger charge is 2.30. The van der Waals surface area contributed by atoms with E-state index in [4.69, 9.17) is 11.6 Å². The van der Waals surface area contributed by atoms with Crippen molar-refractivity contribution in [3.05, 3.63) is 71.3 Å². The van der Waals surface area contributed by atoms with E-state index in [0.717, 1.165) is 29.4 Å². The topological polar surface area (TPSA) is 97.1 Å². The Balaban J connectivity index is 1.44. The summed E-state index contributed by atoms with van der Waals surface area (Å²) in [6.07, 6.45) is 9.32. The molecule has 1 amide bonds. The number of aromatic nitrogens is 3. The van der Waals surface area contributed by atoms with Gasteiger partial charge in [-0.25, -0.2) is 9.99 Å². The molecule has 0 atom stereocenters. The molecule has 0 aliphatic heterocycles. The first-order valence-electron chi connectivity index (χ1n) is 11.7. The van der Waals surface area contributed by atoms with Gasteiger partial charge >= 0.3 is 5.16 Å². The Morgan fingerprint density at radius 3 is 2.77 bits per heavy atom. The van der Waals surface area contributed by atoms with Crippen LogP contribution in [0.5, 0.6) is 5.75 Å². The van der Waals surface area contributed by atoms with Crippen LogP contribution in [0.15, 0.2) is 65.4 Å². The number of aromatic amines is 1. The zero-order chi connectivity index (χ0) is 24.6. The van der Waals surface area contributed by atoms with E-state index in [-0.39, 0.29) is 17.4 Å². The minimum Gasteiger partial charge on any atom is -0.872 e. The van der Waals surface area contributed by atoms with Crippen LogP contribution in [0.3, 0.4) is 0 Å². The van der Waals surface area contributed by atoms with Crippen LogP contribution in [0, 0.1) is 0 Å². The minimum atomic E-state index is -0.271. The number of carbonyl (C=O) groups excluding carboxylic acids is 1. The molecule has 0 bridgehead atoms. The molecule has 2 aromatic carbocycles. The molecule has 0 radical (unpaired) electrons. The number of amides is 1. The molecule has 1 aliphatic carbocycles. The maximum absolute atomic E-state index is 12.5. The second kappa shape index (κ2) is 12.0. The number of benzene rings is 2. The molecule has 0 unspecified atom stereocenters. The number of para-hydroxylation sites is 1. The van der Waals surface area contributed by atoms with Gasteiger partial charge in [0.2, 0.25) is 0 Å². The van der Waals surface area contributed by atoms with Crippen molar-refractivity contribution in [2.45, 2.75) is 49.7 Å². The number of carbonyl (C=O) groups is 1. The summed E-state index contributed by atoms with van der Waals surface area (Å²) in [6, 6.07) is 13.2. The molecule has 9 heteroatoms. The van der Waals surface area contributed by atoms with E-state index in [1.165, 1.54) is 37.2 Å². The van der Waals surface area contributed by atoms with Crippen LogP contribution in [-0.4, -0.2) is 28.1 Å². The van der Waals surface area contributed by atoms with E-state index < -0.39 is 0 Å². The van der Waals surface area contributed by atoms with Gasteiger partial charge in [0.25, 0.3) is 11.7 Å². The highest BCUT2D eigenvalue weighted by molar-refractivity contribution is 7.99. The number of H-pyrrole nitrogens is 1. The first kappa shape index (κ1) is 25.0. The van der Waals surface area contributed by atoms with Crippen LogP contribution in [-0.2, 0) is 11.2 Å². The Morgan fingerprint density at radius 1 is 1.26 bits per heavy atom. The maximum atomic E-state index is 12.5. The molecular formula is C26H28ClN5O2S. The Labute approximate surface area is 214 Å². The number of thioether (sulfide) groups is 1. The lowest BCUT2D eigenvalue weighted by Gasteiger charge is -2.21. The fraction of sp³-hybridized carbons (Fsp3) is 0.308. The number of rotatable bonds is 9. The molecule has 35 heavy (non-hydrogen) atoms. The monoisotopic (exact) mass is 509 g/mol. The van der Waals surface area contributed by atoms with Gasteiger partial charge in [-0.3, -0.25) is 4.79 Å². The Hall–Kier alpha value is -3.10. The minimum absolute atomic E-state index is 0.112. The molecule has 2 N–H and O–H groups in total. The van der Waals surface area contributed by atoms with Crippen molar-refractivity contribution in [2.75, 3.05) is 5.75 Å². The molecule has 1 aliphatic rings. The molecular weight excluding hydrogens is 482 g/mol. The van der Waals surface area contributed by atoms with E-state index in [0.29, 0.717) is 28.6 Å². The summed E-state index contributed by atoms with van der Waals surface area (Å²) in [7, 11) is 0. The third kappa shape index (κ3) is 6.32. The van der Waals surface area contributed by atoms with Crippen LogP contribution in [0.25, 0.3) is 11.4 Å². The first-order valence-corrected chi connectivity index (χ1v) is 13.0. The Kier molecular flexibility index (Phi) is 8.60. The van der Waals surface area contributed by atoms with Gasteiger partial charge in [0, 0.05) is 5.02 Å². The smallest absolute Gasteiger partial charge is 0.337 e. The molecule has 182 valence electrons. The highest BCUT2D eigenvalue weighted by Crippen LogP contribution is 2.29. The van der Waals surface area contributed by atoms with Crippen molar-refractivity contribution in [1.82, 2.24) is 15.6 Å². The summed E-state index contributed by atoms with van der Waals surface area (Å²) >= 11 is 7.44. The summed E-state index contributed by atoms with van der Waals surface area (Å²) in [5.41, 5.74) is 4.58. The number of hydrazone groups is 1. The van der Waals surface area contributed by atoms with Crippen LogP contribution in [0.1, 0.15) is 49.3 Å². The van der Waals surface area contributed by atoms with Crippen molar-refractivity contribution in [2.24, 2.45) is 5.10 Å². The quantitative estimate of drug-likeness (QED) is 0.145. The summed E-state index contributed by atoms with van der Waals surface area (Å²) in [4.78, 5) is 12.5. The predicted molar refractivity (Wildman–Crippen MR) is 138 cm³/mol. The fourth-order valence-corrected chi connectivity index (χ4v) is 5.19. The summed E-state index contributed by atoms with van der Waals surface area (Å²) in [5, 5.41) is 25.5. The largest absolute Gasteiger partial charge is 0.872 e. The van der Waals surface area contributed by atoms with Crippen LogP contribution in [0.4, 0.5) is 0 Å². The van der Waals surface area contributed by atoms with Gasteiger partial charge in [0.1, 0.15) is 0 Å². The number of halogens is 1. The molecule has 3 aromatic rings. The molecule has 1 heterocycles. The molecule has 4 rings (SSSR count). The fourth-order valence-electron chi connectivity index (χ4n) is 4.25. The SMILES string of the molecule is C=CCc1cccc(/C=N/NC(=O)CSc2n[nH]c(-c3ccc(Cl)cc3)[n+]2C2CCCCC2)c1[O-]. The molecule has 0 spiro atoms. The van der Waals surface area contributed by atoms with E-state index in [1.54, 1.807) is 24.3 Å². The van der Waals surface area contributed by atoms with E-state index in [9.17, 15) is 9.90 Å². The normalized spacial score (nSPS) is 14.3. The molecule has 7 nitrogen and oxygen atoms in total. The number of nitrogens with one attached hydrogen (secondary N) is 2. The molecule has 1 fully saturated rings. The lowest BCUT2D eigenvalue weighted by molar-refractivity contribution is -0.749. The standard InChI is InChI=1S/C26H28ClN5O2S/c1-2-7-18-8-6-9-20(24(18)34)16-28-29-23(33)17-35-26-31-30-25(19-12-14-21(27)15-13-19)32(26)22-10-4-3-5-11-22/h2,6,8-9,12-16,22H,1,3-5,7,10-11,17H2,(H2,28,29,33,34). The lowest BCUT2D eigenvalue weighted by Crippen LogP contribution is -2.43. The average Bonchev–Trinajstić information content (AvgIpc) is 3.30. The van der Waals surface area contributed by atoms with Crippen molar-refractivity contribution < 1.29 is 14.5 Å². The van der Waals surface area contributed by atoms with Gasteiger partial charge in [-0.15, -0.1) is 11.7 Å². The van der Waals surface area contributed by atoms with Gasteiger partial charge in [0.15, 0.2) is 0 Å². The van der Waals surface area contributed by atoms with Crippen LogP contribution >= 0.6 is 23.4 Å². The number of allylic oxidation sites excluding steroid dienone is 1. The Bertz CT molecular complexity index is 1200. The van der Waals surface area contributed by atoms with Gasteiger partial charge in [-0.1, -0.05) is 53.6 Å². The van der Waals surface area contributed by atoms with Gasteiger partial charge in [-0.05, 0) is 73.7 Å². The Morgan fingerprint density at radius 2 is 2.03 bits per heavy atom. The van der Waals surface area contributed by atoms with E-state index >= 15 is 0 Å². The lowest BCUT2D eigenvalue weighted by atomic mass is 9.95. The van der Waals surface area contributed by atoms with Gasteiger partial charge in [0.05, 0.1) is 28.7 Å². The number of hydrogen-bond donors (Lipinski definition) is 2. The maximum Gasteiger partial charge on any atom is 0.337 e. The van der Waals surface area contributed by atoms with Crippen molar-refractivity contribution in [1.29, 1.82) is 0 Å². The zero-order valence-electron chi connectivity index (χ0n) is 19.4.